The van der Waals surface area contributed by atoms with Gasteiger partial charge in [-0.05, 0) is 25.2 Å². The molecule has 1 aliphatic rings. The molecule has 31 heavy (non-hydrogen) atoms. The lowest BCUT2D eigenvalue weighted by atomic mass is 10.1. The first-order chi connectivity index (χ1) is 14.4. The number of aliphatic imine (C=N–C) groups is 1. The quantitative estimate of drug-likeness (QED) is 0.311. The van der Waals surface area contributed by atoms with Crippen molar-refractivity contribution in [3.8, 4) is 0 Å². The van der Waals surface area contributed by atoms with Crippen LogP contribution in [0.4, 0.5) is 0 Å². The van der Waals surface area contributed by atoms with Crippen molar-refractivity contribution >= 4 is 40.0 Å². The molecule has 1 aliphatic heterocycles. The van der Waals surface area contributed by atoms with Crippen molar-refractivity contribution in [3.63, 3.8) is 0 Å². The van der Waals surface area contributed by atoms with Crippen LogP contribution in [0.5, 0.6) is 0 Å². The highest BCUT2D eigenvalue weighted by Crippen LogP contribution is 2.13. The lowest BCUT2D eigenvalue weighted by Gasteiger charge is -2.35. The molecular weight excluding hydrogens is 531 g/mol. The van der Waals surface area contributed by atoms with Crippen molar-refractivity contribution in [2.75, 3.05) is 47.3 Å². The Hall–Kier alpha value is -1.70. The lowest BCUT2D eigenvalue weighted by Crippen LogP contribution is -2.53. The van der Waals surface area contributed by atoms with Gasteiger partial charge in [0.1, 0.15) is 12.0 Å². The van der Waals surface area contributed by atoms with Crippen LogP contribution in [0.15, 0.2) is 46.1 Å². The number of benzene rings is 1. The number of halogens is 1. The molecule has 2 heterocycles. The van der Waals surface area contributed by atoms with Crippen molar-refractivity contribution in [2.45, 2.75) is 18.8 Å². The smallest absolute Gasteiger partial charge is 0.220 e. The molecular formula is C20H31IN6O3S. The molecule has 0 amide bonds. The molecule has 1 aromatic heterocycles. The first-order valence-electron chi connectivity index (χ1n) is 9.92. The van der Waals surface area contributed by atoms with Crippen molar-refractivity contribution < 1.29 is 12.9 Å². The van der Waals surface area contributed by atoms with E-state index >= 15 is 0 Å². The Kier molecular flexibility index (Phi) is 9.72. The van der Waals surface area contributed by atoms with E-state index in [1.807, 2.05) is 0 Å². The third-order valence-corrected chi connectivity index (χ3v) is 6.75. The summed E-state index contributed by atoms with van der Waals surface area (Å²) < 4.78 is 31.4. The fourth-order valence-corrected chi connectivity index (χ4v) is 4.83. The molecule has 0 radical (unpaired) electrons. The number of guanidine groups is 1. The summed E-state index contributed by atoms with van der Waals surface area (Å²) in [7, 11) is 2.45. The van der Waals surface area contributed by atoms with Gasteiger partial charge in [0.15, 0.2) is 5.96 Å². The van der Waals surface area contributed by atoms with Crippen LogP contribution < -0.4 is 5.32 Å². The molecule has 1 aromatic carbocycles. The average Bonchev–Trinajstić information content (AvgIpc) is 3.22. The van der Waals surface area contributed by atoms with Gasteiger partial charge >= 0.3 is 0 Å². The van der Waals surface area contributed by atoms with Crippen LogP contribution >= 0.6 is 24.0 Å². The molecule has 1 saturated heterocycles. The predicted octanol–water partition coefficient (Wildman–Crippen LogP) is 1.58. The normalized spacial score (nSPS) is 15.7. The summed E-state index contributed by atoms with van der Waals surface area (Å²) in [6.07, 6.45) is 1.38. The number of sulfonamides is 1. The van der Waals surface area contributed by atoms with E-state index in [4.69, 9.17) is 4.52 Å². The molecule has 9 nitrogen and oxygen atoms in total. The number of hydrogen-bond acceptors (Lipinski definition) is 6. The van der Waals surface area contributed by atoms with Crippen molar-refractivity contribution in [1.29, 1.82) is 0 Å². The largest absolute Gasteiger partial charge is 0.364 e. The number of rotatable bonds is 7. The van der Waals surface area contributed by atoms with E-state index in [0.717, 1.165) is 12.5 Å². The monoisotopic (exact) mass is 562 g/mol. The number of aromatic nitrogens is 1. The van der Waals surface area contributed by atoms with E-state index in [0.29, 0.717) is 38.4 Å². The lowest BCUT2D eigenvalue weighted by molar-refractivity contribution is 0.259. The van der Waals surface area contributed by atoms with E-state index in [1.165, 1.54) is 21.7 Å². The van der Waals surface area contributed by atoms with Gasteiger partial charge in [0, 0.05) is 52.4 Å². The minimum atomic E-state index is -3.41. The van der Waals surface area contributed by atoms with Crippen LogP contribution in [-0.2, 0) is 28.9 Å². The Labute approximate surface area is 201 Å². The van der Waals surface area contributed by atoms with Gasteiger partial charge in [0.25, 0.3) is 0 Å². The number of nitrogens with one attached hydrogen (secondary N) is 1. The molecule has 172 valence electrons. The minimum absolute atomic E-state index is 0. The van der Waals surface area contributed by atoms with Crippen molar-refractivity contribution in [3.05, 3.63) is 53.4 Å². The third kappa shape index (κ3) is 7.44. The molecule has 11 heteroatoms. The standard InChI is InChI=1S/C20H30N6O3S.HI/c1-21-20(22-14-17-4-6-18(7-5-17)15-24(2)3)25-9-11-26(12-10-25)30(27,28)16-19-8-13-29-23-19;/h4-8,13H,9-12,14-16H2,1-3H3,(H,21,22);1H. The van der Waals surface area contributed by atoms with Gasteiger partial charge in [-0.1, -0.05) is 29.4 Å². The zero-order valence-corrected chi connectivity index (χ0v) is 21.3. The van der Waals surface area contributed by atoms with Crippen molar-refractivity contribution in [2.24, 2.45) is 4.99 Å². The Balaban J connectivity index is 0.00000341. The van der Waals surface area contributed by atoms with Crippen LogP contribution in [0.2, 0.25) is 0 Å². The molecule has 0 atom stereocenters. The van der Waals surface area contributed by atoms with Gasteiger partial charge in [-0.3, -0.25) is 4.99 Å². The van der Waals surface area contributed by atoms with Crippen LogP contribution in [0.3, 0.4) is 0 Å². The number of nitrogens with zero attached hydrogens (tertiary/aromatic N) is 5. The van der Waals surface area contributed by atoms with E-state index in [1.54, 1.807) is 13.1 Å². The molecule has 0 bridgehead atoms. The fraction of sp³-hybridized carbons (Fsp3) is 0.500. The van der Waals surface area contributed by atoms with Crippen molar-refractivity contribution in [1.82, 2.24) is 24.6 Å². The maximum absolute atomic E-state index is 12.6. The Morgan fingerprint density at radius 2 is 1.77 bits per heavy atom. The molecule has 0 spiro atoms. The first-order valence-corrected chi connectivity index (χ1v) is 11.5. The van der Waals surface area contributed by atoms with Crippen LogP contribution in [0, 0.1) is 0 Å². The van der Waals surface area contributed by atoms with E-state index in [-0.39, 0.29) is 29.7 Å². The molecule has 3 rings (SSSR count). The Morgan fingerprint density at radius 3 is 2.32 bits per heavy atom. The zero-order chi connectivity index (χ0) is 21.6. The number of piperazine rings is 1. The summed E-state index contributed by atoms with van der Waals surface area (Å²) in [4.78, 5) is 8.59. The summed E-state index contributed by atoms with van der Waals surface area (Å²) in [5.74, 6) is 0.640. The van der Waals surface area contributed by atoms with Crippen LogP contribution in [0.1, 0.15) is 16.8 Å². The SMILES string of the molecule is CN=C(NCc1ccc(CN(C)C)cc1)N1CCN(S(=O)(=O)Cc2ccon2)CC1.I. The Morgan fingerprint density at radius 1 is 1.13 bits per heavy atom. The van der Waals surface area contributed by atoms with Gasteiger partial charge < -0.3 is 19.6 Å². The second-order valence-electron chi connectivity index (χ2n) is 7.59. The number of hydrogen-bond donors (Lipinski definition) is 1. The molecule has 1 N–H and O–H groups in total. The molecule has 2 aromatic rings. The van der Waals surface area contributed by atoms with Gasteiger partial charge in [-0.25, -0.2) is 8.42 Å². The maximum atomic E-state index is 12.6. The van der Waals surface area contributed by atoms with E-state index < -0.39 is 10.0 Å². The molecule has 1 fully saturated rings. The predicted molar refractivity (Wildman–Crippen MR) is 132 cm³/mol. The van der Waals surface area contributed by atoms with Gasteiger partial charge in [-0.2, -0.15) is 4.31 Å². The summed E-state index contributed by atoms with van der Waals surface area (Å²) in [6.45, 7) is 3.58. The van der Waals surface area contributed by atoms with Gasteiger partial charge in [0.05, 0.1) is 5.69 Å². The van der Waals surface area contributed by atoms with Crippen LogP contribution in [-0.4, -0.2) is 81.0 Å². The molecule has 0 aliphatic carbocycles. The highest BCUT2D eigenvalue weighted by Gasteiger charge is 2.28. The summed E-state index contributed by atoms with van der Waals surface area (Å²) in [5.41, 5.74) is 2.87. The van der Waals surface area contributed by atoms with Gasteiger partial charge in [-0.15, -0.1) is 24.0 Å². The third-order valence-electron chi connectivity index (χ3n) is 4.94. The fourth-order valence-electron chi connectivity index (χ4n) is 3.41. The zero-order valence-electron chi connectivity index (χ0n) is 18.2. The van der Waals surface area contributed by atoms with Gasteiger partial charge in [0.2, 0.25) is 10.0 Å². The Bertz CT molecular complexity index is 924. The van der Waals surface area contributed by atoms with E-state index in [9.17, 15) is 8.42 Å². The first kappa shape index (κ1) is 25.6. The van der Waals surface area contributed by atoms with E-state index in [2.05, 4.69) is 63.6 Å². The summed E-state index contributed by atoms with van der Waals surface area (Å²) in [5, 5.41) is 7.08. The molecule has 0 saturated carbocycles. The topological polar surface area (TPSA) is 94.3 Å². The molecule has 0 unspecified atom stereocenters. The summed E-state index contributed by atoms with van der Waals surface area (Å²) >= 11 is 0. The highest BCUT2D eigenvalue weighted by atomic mass is 127. The second-order valence-corrected chi connectivity index (χ2v) is 9.56. The minimum Gasteiger partial charge on any atom is -0.364 e. The summed E-state index contributed by atoms with van der Waals surface area (Å²) in [6, 6.07) is 10.1. The average molecular weight is 562 g/mol. The maximum Gasteiger partial charge on any atom is 0.220 e. The highest BCUT2D eigenvalue weighted by molar-refractivity contribution is 14.0. The second kappa shape index (κ2) is 11.8. The van der Waals surface area contributed by atoms with Crippen LogP contribution in [0.25, 0.3) is 0 Å².